The number of rotatable bonds is 13. The summed E-state index contributed by atoms with van der Waals surface area (Å²) in [6, 6.07) is 4.82. The summed E-state index contributed by atoms with van der Waals surface area (Å²) >= 11 is 5.68. The molecule has 8 N–H and O–H groups in total. The van der Waals surface area contributed by atoms with E-state index < -0.39 is 120 Å². The number of phenols is 1. The SMILES string of the molecule is CC=C1NC(=O)C(NC(=O)C(NC(=O)C(C)NC(=O)CC(C)=CCl)C(C)C)C(C)OC(=O)C(C(C)C)NC(=O)C(Cc2ccc(O)cc2)N(C)C(=O)C(Cc2ccccc2)N2C(=O)C(CCC2O)NC1=O. The Morgan fingerprint density at radius 1 is 0.845 bits per heavy atom. The molecule has 2 saturated heterocycles. The predicted molar refractivity (Wildman–Crippen MR) is 261 cm³/mol. The molecule has 4 rings (SSSR count). The van der Waals surface area contributed by atoms with Crippen LogP contribution in [0.2, 0.25) is 0 Å². The maximum absolute atomic E-state index is 15.0. The van der Waals surface area contributed by atoms with Gasteiger partial charge in [-0.25, -0.2) is 4.79 Å². The number of carbonyl (C=O) groups is 9. The van der Waals surface area contributed by atoms with E-state index in [0.29, 0.717) is 16.7 Å². The van der Waals surface area contributed by atoms with Crippen LogP contribution in [-0.2, 0) is 60.7 Å². The van der Waals surface area contributed by atoms with Gasteiger partial charge in [-0.2, -0.15) is 0 Å². The van der Waals surface area contributed by atoms with Crippen molar-refractivity contribution in [2.75, 3.05) is 7.05 Å². The predicted octanol–water partition coefficient (Wildman–Crippen LogP) is 1.57. The molecule has 0 aromatic heterocycles. The van der Waals surface area contributed by atoms with Crippen LogP contribution < -0.4 is 31.9 Å². The molecule has 2 aromatic carbocycles. The summed E-state index contributed by atoms with van der Waals surface area (Å²) < 4.78 is 5.86. The minimum Gasteiger partial charge on any atom is -0.508 e. The average Bonchev–Trinajstić information content (AvgIpc) is 3.32. The Morgan fingerprint density at radius 2 is 1.46 bits per heavy atom. The molecule has 20 nitrogen and oxygen atoms in total. The second kappa shape index (κ2) is 25.9. The van der Waals surface area contributed by atoms with Crippen molar-refractivity contribution < 1.29 is 58.1 Å². The molecule has 0 saturated carbocycles. The number of aromatic hydroxyl groups is 1. The van der Waals surface area contributed by atoms with E-state index >= 15 is 0 Å². The van der Waals surface area contributed by atoms with Crippen LogP contribution in [0.1, 0.15) is 85.8 Å². The van der Waals surface area contributed by atoms with E-state index in [4.69, 9.17) is 16.3 Å². The number of fused-ring (bicyclic) bond motifs is 2. The van der Waals surface area contributed by atoms with Crippen LogP contribution in [0.3, 0.4) is 0 Å². The van der Waals surface area contributed by atoms with Crippen LogP contribution in [0.25, 0.3) is 0 Å². The second-order valence-corrected chi connectivity index (χ2v) is 18.8. The van der Waals surface area contributed by atoms with Gasteiger partial charge in [-0.1, -0.05) is 93.4 Å². The standard InChI is InChI=1S/C50H67ClN8O12/c1-10-34-44(64)54-35-20-21-39(62)59(48(35)68)37(24-31-14-12-11-13-15-31)49(69)58(9)36(23-32-16-18-33(60)19-17-32)45(65)56-41(27(4)5)50(70)71-30(8)42(47(67)53-34)57-46(66)40(26(2)3)55-43(63)29(7)52-38(61)22-28(6)25-51/h10-19,25-27,29-30,35-37,39-42,60,62H,20-24H2,1-9H3,(H,52,61)(H,53,67)(H,54,64)(H,55,63)(H,56,65)(H,57,66). The van der Waals surface area contributed by atoms with Gasteiger partial charge in [0.25, 0.3) is 11.8 Å². The number of phenolic OH excluding ortho intramolecular Hbond substituents is 1. The van der Waals surface area contributed by atoms with Gasteiger partial charge in [0.2, 0.25) is 35.4 Å². The van der Waals surface area contributed by atoms with E-state index in [1.165, 1.54) is 51.6 Å². The molecule has 2 aliphatic rings. The van der Waals surface area contributed by atoms with Gasteiger partial charge in [0.15, 0.2) is 0 Å². The molecular formula is C50H67ClN8O12. The van der Waals surface area contributed by atoms with Crippen molar-refractivity contribution in [1.29, 1.82) is 0 Å². The number of hydrogen-bond donors (Lipinski definition) is 8. The van der Waals surface area contributed by atoms with Crippen LogP contribution in [0.15, 0.2) is 77.5 Å². The lowest BCUT2D eigenvalue weighted by Gasteiger charge is -2.43. The van der Waals surface area contributed by atoms with E-state index in [0.717, 1.165) is 9.80 Å². The highest BCUT2D eigenvalue weighted by molar-refractivity contribution is 6.25. The first-order chi connectivity index (χ1) is 33.5. The molecule has 0 radical (unpaired) electrons. The van der Waals surface area contributed by atoms with Crippen molar-refractivity contribution in [3.05, 3.63) is 88.6 Å². The zero-order chi connectivity index (χ0) is 52.9. The van der Waals surface area contributed by atoms with Gasteiger partial charge in [0.05, 0.1) is 0 Å². The molecule has 2 aliphatic heterocycles. The summed E-state index contributed by atoms with van der Waals surface area (Å²) in [5.41, 5.74) is 2.50. The molecule has 386 valence electrons. The number of carbonyl (C=O) groups excluding carboxylic acids is 9. The molecule has 9 atom stereocenters. The van der Waals surface area contributed by atoms with Crippen LogP contribution in [0, 0.1) is 11.8 Å². The number of amides is 8. The van der Waals surface area contributed by atoms with Crippen molar-refractivity contribution in [2.45, 2.75) is 142 Å². The summed E-state index contributed by atoms with van der Waals surface area (Å²) in [7, 11) is 1.35. The Kier molecular flexibility index (Phi) is 20.7. The fraction of sp³-hybridized carbons (Fsp3) is 0.500. The lowest BCUT2D eigenvalue weighted by Crippen LogP contribution is -2.64. The highest BCUT2D eigenvalue weighted by Gasteiger charge is 2.45. The number of cyclic esters (lactones) is 1. The average molecular weight is 1010 g/mol. The minimum atomic E-state index is -1.77. The minimum absolute atomic E-state index is 0.0570. The fourth-order valence-corrected chi connectivity index (χ4v) is 8.15. The lowest BCUT2D eigenvalue weighted by molar-refractivity contribution is -0.165. The molecule has 8 amide bonds. The van der Waals surface area contributed by atoms with Crippen LogP contribution in [0.5, 0.6) is 5.75 Å². The van der Waals surface area contributed by atoms with Gasteiger partial charge in [-0.15, -0.1) is 0 Å². The molecule has 0 spiro atoms. The third-order valence-electron chi connectivity index (χ3n) is 12.3. The molecule has 2 heterocycles. The van der Waals surface area contributed by atoms with Gasteiger partial charge in [-0.05, 0) is 75.6 Å². The normalized spacial score (nSPS) is 24.7. The van der Waals surface area contributed by atoms with E-state index in [-0.39, 0.29) is 43.6 Å². The summed E-state index contributed by atoms with van der Waals surface area (Å²) in [6.07, 6.45) is -2.31. The zero-order valence-corrected chi connectivity index (χ0v) is 42.2. The van der Waals surface area contributed by atoms with E-state index in [1.54, 1.807) is 77.1 Å². The zero-order valence-electron chi connectivity index (χ0n) is 41.5. The van der Waals surface area contributed by atoms with Crippen molar-refractivity contribution in [3.63, 3.8) is 0 Å². The number of esters is 1. The summed E-state index contributed by atoms with van der Waals surface area (Å²) in [6.45, 7) is 12.2. The summed E-state index contributed by atoms with van der Waals surface area (Å²) in [5, 5.41) is 37.0. The Bertz CT molecular complexity index is 2340. The molecule has 2 bridgehead atoms. The van der Waals surface area contributed by atoms with E-state index in [9.17, 15) is 53.4 Å². The Balaban J connectivity index is 1.80. The first kappa shape index (κ1) is 56.8. The van der Waals surface area contributed by atoms with Crippen molar-refractivity contribution in [1.82, 2.24) is 41.7 Å². The van der Waals surface area contributed by atoms with Crippen molar-refractivity contribution >= 4 is 64.8 Å². The van der Waals surface area contributed by atoms with Gasteiger partial charge in [0.1, 0.15) is 66.1 Å². The Morgan fingerprint density at radius 3 is 2.06 bits per heavy atom. The monoisotopic (exact) mass is 1010 g/mol. The third kappa shape index (κ3) is 15.3. The number of ether oxygens (including phenoxy) is 1. The lowest BCUT2D eigenvalue weighted by atomic mass is 9.95. The Labute approximate surface area is 418 Å². The number of allylic oxidation sites excluding steroid dienone is 1. The molecule has 9 unspecified atom stereocenters. The maximum atomic E-state index is 15.0. The van der Waals surface area contributed by atoms with Gasteiger partial charge in [0, 0.05) is 31.8 Å². The number of nitrogens with zero attached hydrogens (tertiary/aromatic N) is 2. The van der Waals surface area contributed by atoms with E-state index in [2.05, 4.69) is 31.9 Å². The highest BCUT2D eigenvalue weighted by Crippen LogP contribution is 2.26. The highest BCUT2D eigenvalue weighted by atomic mass is 35.5. The number of benzene rings is 2. The fourth-order valence-electron chi connectivity index (χ4n) is 8.07. The van der Waals surface area contributed by atoms with E-state index in [1.807, 2.05) is 0 Å². The number of aliphatic hydroxyl groups excluding tert-OH is 1. The van der Waals surface area contributed by atoms with Crippen LogP contribution >= 0.6 is 11.6 Å². The van der Waals surface area contributed by atoms with Gasteiger partial charge in [-0.3, -0.25) is 38.4 Å². The van der Waals surface area contributed by atoms with Crippen LogP contribution in [0.4, 0.5) is 0 Å². The van der Waals surface area contributed by atoms with Crippen molar-refractivity contribution in [2.24, 2.45) is 11.8 Å². The summed E-state index contributed by atoms with van der Waals surface area (Å²) in [5.74, 6) is -8.94. The molecule has 2 fully saturated rings. The molecule has 71 heavy (non-hydrogen) atoms. The first-order valence-corrected chi connectivity index (χ1v) is 23.9. The van der Waals surface area contributed by atoms with Gasteiger partial charge >= 0.3 is 5.97 Å². The number of piperidine rings is 1. The number of nitrogens with one attached hydrogen (secondary N) is 6. The topological polar surface area (TPSA) is 282 Å². The number of hydrogen-bond acceptors (Lipinski definition) is 12. The smallest absolute Gasteiger partial charge is 0.329 e. The Hall–Kier alpha value is -6.80. The number of likely N-dealkylation sites (N-methyl/N-ethyl adjacent to an activating group) is 1. The molecular weight excluding hydrogens is 940 g/mol. The van der Waals surface area contributed by atoms with Crippen LogP contribution in [-0.4, -0.2) is 135 Å². The molecule has 0 aliphatic carbocycles. The largest absolute Gasteiger partial charge is 0.508 e. The second-order valence-electron chi connectivity index (χ2n) is 18.6. The number of aliphatic hydroxyl groups is 1. The molecule has 21 heteroatoms. The maximum Gasteiger partial charge on any atom is 0.329 e. The first-order valence-electron chi connectivity index (χ1n) is 23.5. The summed E-state index contributed by atoms with van der Waals surface area (Å²) in [4.78, 5) is 129. The number of halogens is 1. The van der Waals surface area contributed by atoms with Crippen molar-refractivity contribution in [3.8, 4) is 5.75 Å². The third-order valence-corrected chi connectivity index (χ3v) is 12.6. The van der Waals surface area contributed by atoms with Gasteiger partial charge < -0.3 is 56.7 Å². The quantitative estimate of drug-likeness (QED) is 0.105. The molecule has 2 aromatic rings.